The van der Waals surface area contributed by atoms with Crippen LogP contribution in [0, 0.1) is 5.82 Å². The quantitative estimate of drug-likeness (QED) is 0.425. The first kappa shape index (κ1) is 22.4. The molecule has 1 saturated carbocycles. The van der Waals surface area contributed by atoms with E-state index in [0.717, 1.165) is 56.1 Å². The van der Waals surface area contributed by atoms with Gasteiger partial charge in [0.05, 0.1) is 0 Å². The number of fused-ring (bicyclic) bond motifs is 1. The van der Waals surface area contributed by atoms with Gasteiger partial charge in [-0.25, -0.2) is 4.79 Å². The molecule has 11 heteroatoms. The summed E-state index contributed by atoms with van der Waals surface area (Å²) in [7, 11) is 0. The van der Waals surface area contributed by atoms with E-state index >= 15 is 0 Å². The SMILES string of the molecule is C[C@H]1CCCN1C(=O)NC1CCCC(Nc2nc(-c3n[n]([Tl])c4ncccc34)ncc2F)C1. The van der Waals surface area contributed by atoms with Crippen molar-refractivity contribution in [2.45, 2.75) is 63.6 Å². The Hall–Kier alpha value is -2.38. The van der Waals surface area contributed by atoms with E-state index in [9.17, 15) is 9.18 Å². The van der Waals surface area contributed by atoms with Gasteiger partial charge in [-0.1, -0.05) is 0 Å². The molecule has 9 nitrogen and oxygen atoms in total. The third-order valence-corrected chi connectivity index (χ3v) is 7.98. The molecule has 0 bridgehead atoms. The fourth-order valence-electron chi connectivity index (χ4n) is 4.86. The van der Waals surface area contributed by atoms with Gasteiger partial charge in [0.1, 0.15) is 0 Å². The average Bonchev–Trinajstić information content (AvgIpc) is 3.39. The molecule has 1 aliphatic carbocycles. The van der Waals surface area contributed by atoms with E-state index in [-0.39, 0.29) is 30.0 Å². The number of rotatable bonds is 4. The number of anilines is 1. The summed E-state index contributed by atoms with van der Waals surface area (Å²) in [6.07, 6.45) is 8.56. The summed E-state index contributed by atoms with van der Waals surface area (Å²) in [6.45, 7) is 2.91. The van der Waals surface area contributed by atoms with E-state index in [2.05, 4.69) is 37.6 Å². The Labute approximate surface area is 207 Å². The van der Waals surface area contributed by atoms with Gasteiger partial charge in [0, 0.05) is 12.6 Å². The number of aromatic nitrogens is 5. The molecular weight excluding hydrogens is 616 g/mol. The van der Waals surface area contributed by atoms with E-state index < -0.39 is 5.82 Å². The summed E-state index contributed by atoms with van der Waals surface area (Å²) in [5.74, 6) is 0.0536. The maximum atomic E-state index is 14.6. The predicted octanol–water partition coefficient (Wildman–Crippen LogP) is 2.88. The first-order chi connectivity index (χ1) is 16.0. The van der Waals surface area contributed by atoms with Crippen LogP contribution in [0.4, 0.5) is 15.0 Å². The molecule has 0 aromatic carbocycles. The Morgan fingerprint density at radius 2 is 2.06 bits per heavy atom. The average molecular weight is 642 g/mol. The summed E-state index contributed by atoms with van der Waals surface area (Å²) in [6, 6.07) is 4.17. The maximum absolute atomic E-state index is 14.6. The zero-order valence-corrected chi connectivity index (χ0v) is 23.0. The Bertz CT molecular complexity index is 1170. The van der Waals surface area contributed by atoms with Crippen molar-refractivity contribution in [3.05, 3.63) is 30.3 Å². The molecule has 4 heterocycles. The van der Waals surface area contributed by atoms with E-state index in [1.165, 1.54) is 6.20 Å². The summed E-state index contributed by atoms with van der Waals surface area (Å²) in [5.41, 5.74) is 1.40. The number of nitrogens with one attached hydrogen (secondary N) is 2. The molecule has 33 heavy (non-hydrogen) atoms. The topological polar surface area (TPSA) is 101 Å². The number of nitrogens with zero attached hydrogens (tertiary/aromatic N) is 6. The van der Waals surface area contributed by atoms with Crippen LogP contribution in [-0.2, 0) is 0 Å². The molecule has 1 saturated heterocycles. The molecule has 0 spiro atoms. The van der Waals surface area contributed by atoms with E-state index in [0.29, 0.717) is 37.6 Å². The van der Waals surface area contributed by atoms with Crippen LogP contribution in [0.5, 0.6) is 0 Å². The molecule has 1 aliphatic heterocycles. The second kappa shape index (κ2) is 9.47. The van der Waals surface area contributed by atoms with Crippen molar-refractivity contribution in [3.63, 3.8) is 0 Å². The Morgan fingerprint density at radius 1 is 1.21 bits per heavy atom. The number of likely N-dealkylation sites (tertiary alicyclic amines) is 1. The fraction of sp³-hybridized carbons (Fsp3) is 0.500. The summed E-state index contributed by atoms with van der Waals surface area (Å²) in [5, 5.41) is 11.9. The van der Waals surface area contributed by atoms with Gasteiger partial charge in [0.25, 0.3) is 0 Å². The Balaban J connectivity index is 1.30. The second-order valence-electron chi connectivity index (χ2n) is 8.90. The van der Waals surface area contributed by atoms with Crippen molar-refractivity contribution in [2.75, 3.05) is 11.9 Å². The van der Waals surface area contributed by atoms with Crippen LogP contribution in [-0.4, -0.2) is 84.2 Å². The summed E-state index contributed by atoms with van der Waals surface area (Å²) < 4.78 is 16.5. The zero-order valence-electron chi connectivity index (χ0n) is 18.5. The van der Waals surface area contributed by atoms with Crippen LogP contribution in [0.15, 0.2) is 24.5 Å². The Kier molecular flexibility index (Phi) is 6.43. The molecule has 3 aromatic heterocycles. The fourth-order valence-corrected chi connectivity index (χ4v) is 6.11. The predicted molar refractivity (Wildman–Crippen MR) is 123 cm³/mol. The molecule has 170 valence electrons. The van der Waals surface area contributed by atoms with Gasteiger partial charge in [-0.05, 0) is 19.8 Å². The first-order valence-corrected chi connectivity index (χ1v) is 13.5. The van der Waals surface area contributed by atoms with Crippen molar-refractivity contribution < 1.29 is 9.18 Å². The van der Waals surface area contributed by atoms with Crippen LogP contribution < -0.4 is 10.6 Å². The van der Waals surface area contributed by atoms with Crippen molar-refractivity contribution in [1.82, 2.24) is 32.8 Å². The van der Waals surface area contributed by atoms with Gasteiger partial charge in [-0.2, -0.15) is 0 Å². The van der Waals surface area contributed by atoms with Gasteiger partial charge in [0.15, 0.2) is 0 Å². The molecule has 3 aromatic rings. The van der Waals surface area contributed by atoms with Crippen LogP contribution in [0.2, 0.25) is 0 Å². The number of hydrogen-bond donors (Lipinski definition) is 2. The van der Waals surface area contributed by atoms with Crippen LogP contribution in [0.3, 0.4) is 0 Å². The first-order valence-electron chi connectivity index (χ1n) is 11.4. The number of carbonyl (C=O) groups is 1. The van der Waals surface area contributed by atoms with Crippen LogP contribution in [0.1, 0.15) is 45.4 Å². The molecule has 5 rings (SSSR count). The minimum absolute atomic E-state index is 0.0149. The molecule has 2 amide bonds. The number of halogens is 1. The molecular formula is C22H26FN8OTl. The summed E-state index contributed by atoms with van der Waals surface area (Å²) in [4.78, 5) is 27.6. The van der Waals surface area contributed by atoms with Gasteiger partial charge in [-0.3, -0.25) is 0 Å². The molecule has 2 aliphatic rings. The summed E-state index contributed by atoms with van der Waals surface area (Å²) >= 11 is 0.442. The molecule has 3 atom stereocenters. The van der Waals surface area contributed by atoms with Gasteiger partial charge in [0.2, 0.25) is 0 Å². The van der Waals surface area contributed by atoms with E-state index in [4.69, 9.17) is 0 Å². The van der Waals surface area contributed by atoms with E-state index in [1.54, 1.807) is 6.20 Å². The second-order valence-corrected chi connectivity index (χ2v) is 10.8. The molecule has 2 N–H and O–H groups in total. The molecule has 2 unspecified atom stereocenters. The van der Waals surface area contributed by atoms with Crippen molar-refractivity contribution in [2.24, 2.45) is 0 Å². The molecule has 0 radical (unpaired) electrons. The van der Waals surface area contributed by atoms with Crippen LogP contribution in [0.25, 0.3) is 22.6 Å². The van der Waals surface area contributed by atoms with Gasteiger partial charge >= 0.3 is 166 Å². The standard InChI is InChI=1S/C22H27FN8O.Tl/c1-13-5-4-10-31(13)22(32)27-15-7-2-6-14(11-15)26-20-17(23)12-25-21(28-20)18-16-8-3-9-24-19(16)30-29-18;/h3,8-9,12-15H,2,4-7,10-11H2,1H3,(H3,24,25,26,27,28,29,30,32);/q;+1/p-1/t13-,14?,15?;/m0./s1. The van der Waals surface area contributed by atoms with Gasteiger partial charge in [-0.15, -0.1) is 0 Å². The monoisotopic (exact) mass is 642 g/mol. The number of hydrogen-bond acceptors (Lipinski definition) is 6. The Morgan fingerprint density at radius 3 is 2.88 bits per heavy atom. The zero-order chi connectivity index (χ0) is 22.9. The van der Waals surface area contributed by atoms with Crippen molar-refractivity contribution in [3.8, 4) is 11.5 Å². The van der Waals surface area contributed by atoms with E-state index in [1.807, 2.05) is 19.5 Å². The van der Waals surface area contributed by atoms with Gasteiger partial charge < -0.3 is 4.90 Å². The third-order valence-electron chi connectivity index (χ3n) is 6.58. The number of carbonyl (C=O) groups excluding carboxylic acids is 1. The third kappa shape index (κ3) is 4.66. The van der Waals surface area contributed by atoms with Crippen LogP contribution >= 0.6 is 0 Å². The minimum atomic E-state index is -0.495. The number of amides is 2. The molecule has 2 fully saturated rings. The normalized spacial score (nSPS) is 23.1. The number of pyridine rings is 1. The van der Waals surface area contributed by atoms with Crippen molar-refractivity contribution >= 4 is 48.9 Å². The van der Waals surface area contributed by atoms with Crippen molar-refractivity contribution in [1.29, 1.82) is 0 Å². The number of urea groups is 1.